The smallest absolute Gasteiger partial charge is 0.317 e. The molecule has 0 bridgehead atoms. The number of carbonyl (C=O) groups is 1. The molecule has 1 aromatic heterocycles. The summed E-state index contributed by atoms with van der Waals surface area (Å²) in [6, 6.07) is 13.4. The summed E-state index contributed by atoms with van der Waals surface area (Å²) in [6.07, 6.45) is 3.32. The van der Waals surface area contributed by atoms with Crippen LogP contribution in [0.4, 0.5) is 4.79 Å². The summed E-state index contributed by atoms with van der Waals surface area (Å²) in [5.74, 6) is 1.44. The van der Waals surface area contributed by atoms with E-state index >= 15 is 0 Å². The third kappa shape index (κ3) is 4.86. The lowest BCUT2D eigenvalue weighted by molar-refractivity contribution is 0.183. The van der Waals surface area contributed by atoms with Crippen LogP contribution in [0.3, 0.4) is 0 Å². The van der Waals surface area contributed by atoms with E-state index in [4.69, 9.17) is 9.47 Å². The van der Waals surface area contributed by atoms with Crippen molar-refractivity contribution >= 4 is 6.03 Å². The number of nitrogens with zero attached hydrogens (tertiary/aromatic N) is 2. The number of benzene rings is 1. The molecule has 0 saturated carbocycles. The van der Waals surface area contributed by atoms with Crippen LogP contribution in [0.2, 0.25) is 0 Å². The molecular formula is C19H23N3O3. The molecule has 1 N–H and O–H groups in total. The molecule has 0 radical (unpaired) electrons. The highest BCUT2D eigenvalue weighted by molar-refractivity contribution is 5.74. The van der Waals surface area contributed by atoms with Crippen LogP contribution in [0.15, 0.2) is 48.7 Å². The molecule has 132 valence electrons. The number of methoxy groups -OCH3 is 1. The second-order valence-electron chi connectivity index (χ2n) is 5.97. The van der Waals surface area contributed by atoms with E-state index in [0.29, 0.717) is 25.5 Å². The van der Waals surface area contributed by atoms with Gasteiger partial charge in [-0.1, -0.05) is 18.2 Å². The number of urea groups is 1. The summed E-state index contributed by atoms with van der Waals surface area (Å²) in [4.78, 5) is 18.2. The third-order valence-electron chi connectivity index (χ3n) is 4.21. The highest BCUT2D eigenvalue weighted by atomic mass is 16.5. The number of hydrogen-bond donors (Lipinski definition) is 1. The Hall–Kier alpha value is -2.76. The molecule has 2 aromatic rings. The lowest BCUT2D eigenvalue weighted by Crippen LogP contribution is -2.40. The fraction of sp³-hybridized carbons (Fsp3) is 0.368. The largest absolute Gasteiger partial charge is 0.497 e. The SMILES string of the molecule is COc1ccc(CCNC(=O)N2CC[C@H](Oc3ccccn3)C2)cc1. The standard InChI is InChI=1S/C19H23N3O3/c1-24-16-7-5-15(6-8-16)9-12-21-19(23)22-13-10-17(14-22)25-18-4-2-3-11-20-18/h2-8,11,17H,9-10,12-14H2,1H3,(H,21,23)/t17-/m0/s1. The molecular weight excluding hydrogens is 318 g/mol. The first-order valence-electron chi connectivity index (χ1n) is 8.48. The zero-order valence-electron chi connectivity index (χ0n) is 14.4. The number of amides is 2. The highest BCUT2D eigenvalue weighted by Crippen LogP contribution is 2.16. The fourth-order valence-electron chi connectivity index (χ4n) is 2.81. The number of rotatable bonds is 6. The number of nitrogens with one attached hydrogen (secondary N) is 1. The van der Waals surface area contributed by atoms with Crippen LogP contribution in [-0.2, 0) is 6.42 Å². The van der Waals surface area contributed by atoms with Gasteiger partial charge in [0.05, 0.1) is 13.7 Å². The Labute approximate surface area is 147 Å². The molecule has 0 aliphatic carbocycles. The number of carbonyl (C=O) groups excluding carboxylic acids is 1. The van der Waals surface area contributed by atoms with Crippen molar-refractivity contribution in [1.29, 1.82) is 0 Å². The van der Waals surface area contributed by atoms with Gasteiger partial charge in [-0.05, 0) is 30.2 Å². The van der Waals surface area contributed by atoms with Crippen molar-refractivity contribution in [3.8, 4) is 11.6 Å². The molecule has 0 unspecified atom stereocenters. The molecule has 6 heteroatoms. The van der Waals surface area contributed by atoms with Gasteiger partial charge in [0.15, 0.2) is 0 Å². The molecule has 1 aliphatic rings. The van der Waals surface area contributed by atoms with Crippen LogP contribution < -0.4 is 14.8 Å². The van der Waals surface area contributed by atoms with Crippen LogP contribution in [0, 0.1) is 0 Å². The van der Waals surface area contributed by atoms with Gasteiger partial charge in [-0.2, -0.15) is 0 Å². The second-order valence-corrected chi connectivity index (χ2v) is 5.97. The van der Waals surface area contributed by atoms with E-state index in [2.05, 4.69) is 10.3 Å². The summed E-state index contributed by atoms with van der Waals surface area (Å²) >= 11 is 0. The average molecular weight is 341 g/mol. The molecule has 2 heterocycles. The normalized spacial score (nSPS) is 16.5. The van der Waals surface area contributed by atoms with Crippen molar-refractivity contribution in [3.05, 3.63) is 54.2 Å². The van der Waals surface area contributed by atoms with Crippen LogP contribution in [-0.4, -0.2) is 48.8 Å². The maximum atomic E-state index is 12.3. The predicted molar refractivity (Wildman–Crippen MR) is 94.9 cm³/mol. The fourth-order valence-corrected chi connectivity index (χ4v) is 2.81. The maximum absolute atomic E-state index is 12.3. The molecule has 3 rings (SSSR count). The minimum Gasteiger partial charge on any atom is -0.497 e. The highest BCUT2D eigenvalue weighted by Gasteiger charge is 2.27. The van der Waals surface area contributed by atoms with Crippen LogP contribution in [0.25, 0.3) is 0 Å². The molecule has 1 saturated heterocycles. The van der Waals surface area contributed by atoms with Crippen LogP contribution in [0.5, 0.6) is 11.6 Å². The van der Waals surface area contributed by atoms with Crippen molar-refractivity contribution in [3.63, 3.8) is 0 Å². The van der Waals surface area contributed by atoms with Crippen molar-refractivity contribution in [2.45, 2.75) is 18.9 Å². The van der Waals surface area contributed by atoms with E-state index in [1.807, 2.05) is 42.5 Å². The Balaban J connectivity index is 1.40. The number of ether oxygens (including phenoxy) is 2. The summed E-state index contributed by atoms with van der Waals surface area (Å²) in [5, 5.41) is 2.97. The number of aromatic nitrogens is 1. The van der Waals surface area contributed by atoms with E-state index in [-0.39, 0.29) is 12.1 Å². The van der Waals surface area contributed by atoms with Gasteiger partial charge in [0.2, 0.25) is 5.88 Å². The van der Waals surface area contributed by atoms with Crippen LogP contribution in [0.1, 0.15) is 12.0 Å². The molecule has 6 nitrogen and oxygen atoms in total. The van der Waals surface area contributed by atoms with Crippen molar-refractivity contribution < 1.29 is 14.3 Å². The second kappa shape index (κ2) is 8.37. The zero-order valence-corrected chi connectivity index (χ0v) is 14.4. The first-order chi connectivity index (χ1) is 12.2. The lowest BCUT2D eigenvalue weighted by Gasteiger charge is -2.17. The molecule has 2 amide bonds. The molecule has 1 aliphatic heterocycles. The minimum atomic E-state index is -0.0411. The zero-order chi connectivity index (χ0) is 17.5. The number of pyridine rings is 1. The molecule has 1 aromatic carbocycles. The van der Waals surface area contributed by atoms with Gasteiger partial charge in [-0.25, -0.2) is 9.78 Å². The Morgan fingerprint density at radius 2 is 2.12 bits per heavy atom. The maximum Gasteiger partial charge on any atom is 0.317 e. The van der Waals surface area contributed by atoms with Crippen LogP contribution >= 0.6 is 0 Å². The first kappa shape index (κ1) is 17.1. The third-order valence-corrected chi connectivity index (χ3v) is 4.21. The van der Waals surface area contributed by atoms with Gasteiger partial charge in [0.1, 0.15) is 11.9 Å². The molecule has 25 heavy (non-hydrogen) atoms. The monoisotopic (exact) mass is 341 g/mol. The van der Waals surface area contributed by atoms with Crippen molar-refractivity contribution in [2.75, 3.05) is 26.7 Å². The topological polar surface area (TPSA) is 63.7 Å². The lowest BCUT2D eigenvalue weighted by atomic mass is 10.1. The minimum absolute atomic E-state index is 0.00207. The van der Waals surface area contributed by atoms with E-state index in [0.717, 1.165) is 18.6 Å². The molecule has 0 spiro atoms. The van der Waals surface area contributed by atoms with Gasteiger partial charge in [0, 0.05) is 31.8 Å². The summed E-state index contributed by atoms with van der Waals surface area (Å²) in [6.45, 7) is 1.89. The van der Waals surface area contributed by atoms with Gasteiger partial charge in [0.25, 0.3) is 0 Å². The number of hydrogen-bond acceptors (Lipinski definition) is 4. The Bertz CT molecular complexity index is 676. The average Bonchev–Trinajstić information content (AvgIpc) is 3.12. The van der Waals surface area contributed by atoms with E-state index in [9.17, 15) is 4.79 Å². The van der Waals surface area contributed by atoms with Gasteiger partial charge in [-0.3, -0.25) is 0 Å². The Morgan fingerprint density at radius 1 is 1.28 bits per heavy atom. The number of likely N-dealkylation sites (tertiary alicyclic amines) is 1. The first-order valence-corrected chi connectivity index (χ1v) is 8.48. The van der Waals surface area contributed by atoms with E-state index in [1.54, 1.807) is 18.2 Å². The molecule has 1 atom stereocenters. The van der Waals surface area contributed by atoms with Crippen molar-refractivity contribution in [2.24, 2.45) is 0 Å². The summed E-state index contributed by atoms with van der Waals surface area (Å²) < 4.78 is 10.9. The van der Waals surface area contributed by atoms with E-state index < -0.39 is 0 Å². The molecule has 1 fully saturated rings. The quantitative estimate of drug-likeness (QED) is 0.877. The van der Waals surface area contributed by atoms with Gasteiger partial charge >= 0.3 is 6.03 Å². The summed E-state index contributed by atoms with van der Waals surface area (Å²) in [5.41, 5.74) is 1.17. The Morgan fingerprint density at radius 3 is 2.84 bits per heavy atom. The predicted octanol–water partition coefficient (Wildman–Crippen LogP) is 2.50. The van der Waals surface area contributed by atoms with E-state index in [1.165, 1.54) is 5.56 Å². The Kier molecular flexibility index (Phi) is 5.72. The van der Waals surface area contributed by atoms with Crippen molar-refractivity contribution in [1.82, 2.24) is 15.2 Å². The van der Waals surface area contributed by atoms with Gasteiger partial charge in [-0.15, -0.1) is 0 Å². The van der Waals surface area contributed by atoms with Gasteiger partial charge < -0.3 is 19.7 Å². The summed E-state index contributed by atoms with van der Waals surface area (Å²) in [7, 11) is 1.65.